The van der Waals surface area contributed by atoms with Crippen LogP contribution in [0.4, 0.5) is 0 Å². The van der Waals surface area contributed by atoms with Crippen molar-refractivity contribution in [2.24, 2.45) is 7.05 Å². The fraction of sp³-hybridized carbons (Fsp3) is 0.412. The minimum atomic E-state index is -3.69. The smallest absolute Gasteiger partial charge is 0.257 e. The molecule has 27 heavy (non-hydrogen) atoms. The minimum absolute atomic E-state index is 0.132. The number of rotatable bonds is 5. The first-order chi connectivity index (χ1) is 12.9. The van der Waals surface area contributed by atoms with E-state index in [2.05, 4.69) is 5.10 Å². The first kappa shape index (κ1) is 19.2. The molecular formula is C17H22N4O5S. The van der Waals surface area contributed by atoms with Crippen LogP contribution < -0.4 is 9.47 Å². The number of benzene rings is 1. The van der Waals surface area contributed by atoms with Gasteiger partial charge in [0, 0.05) is 45.5 Å². The number of hydrogen-bond acceptors (Lipinski definition) is 6. The molecule has 1 aliphatic heterocycles. The Morgan fingerprint density at radius 3 is 2.30 bits per heavy atom. The van der Waals surface area contributed by atoms with Crippen molar-refractivity contribution < 1.29 is 22.7 Å². The Kier molecular flexibility index (Phi) is 5.38. The minimum Gasteiger partial charge on any atom is -0.493 e. The van der Waals surface area contributed by atoms with Crippen molar-refractivity contribution in [3.05, 3.63) is 36.2 Å². The van der Waals surface area contributed by atoms with E-state index in [1.165, 1.54) is 36.9 Å². The molecule has 1 saturated heterocycles. The molecule has 10 heteroatoms. The summed E-state index contributed by atoms with van der Waals surface area (Å²) < 4.78 is 39.1. The second-order valence-corrected chi connectivity index (χ2v) is 8.05. The summed E-state index contributed by atoms with van der Waals surface area (Å²) in [5, 5.41) is 4.00. The zero-order valence-electron chi connectivity index (χ0n) is 15.5. The molecule has 0 bridgehead atoms. The Morgan fingerprint density at radius 2 is 1.74 bits per heavy atom. The van der Waals surface area contributed by atoms with Gasteiger partial charge in [0.15, 0.2) is 11.5 Å². The molecule has 9 nitrogen and oxygen atoms in total. The van der Waals surface area contributed by atoms with Crippen LogP contribution in [0.15, 0.2) is 35.5 Å². The highest BCUT2D eigenvalue weighted by atomic mass is 32.2. The number of aromatic nitrogens is 2. The lowest BCUT2D eigenvalue weighted by Crippen LogP contribution is -2.50. The van der Waals surface area contributed by atoms with Crippen molar-refractivity contribution in [2.75, 3.05) is 40.4 Å². The average Bonchev–Trinajstić information content (AvgIpc) is 3.13. The Bertz CT molecular complexity index is 933. The number of aryl methyl sites for hydroxylation is 1. The summed E-state index contributed by atoms with van der Waals surface area (Å²) in [6, 6.07) is 4.50. The van der Waals surface area contributed by atoms with E-state index < -0.39 is 10.0 Å². The van der Waals surface area contributed by atoms with Gasteiger partial charge in [0.05, 0.1) is 30.9 Å². The molecule has 0 saturated carbocycles. The number of carbonyl (C=O) groups excluding carboxylic acids is 1. The number of carbonyl (C=O) groups is 1. The van der Waals surface area contributed by atoms with Gasteiger partial charge in [-0.3, -0.25) is 9.48 Å². The lowest BCUT2D eigenvalue weighted by molar-refractivity contribution is 0.0698. The fourth-order valence-corrected chi connectivity index (χ4v) is 4.41. The normalized spacial score (nSPS) is 15.6. The molecule has 0 unspecified atom stereocenters. The van der Waals surface area contributed by atoms with E-state index in [-0.39, 0.29) is 23.9 Å². The SMILES string of the molecule is COc1ccc(S(=O)(=O)N2CCN(C(=O)c3cnn(C)c3)CC2)cc1OC. The number of hydrogen-bond donors (Lipinski definition) is 0. The molecule has 0 radical (unpaired) electrons. The quantitative estimate of drug-likeness (QED) is 0.737. The van der Waals surface area contributed by atoms with E-state index in [0.29, 0.717) is 30.2 Å². The topological polar surface area (TPSA) is 94.0 Å². The molecule has 1 aromatic heterocycles. The van der Waals surface area contributed by atoms with Gasteiger partial charge in [0.2, 0.25) is 10.0 Å². The van der Waals surface area contributed by atoms with E-state index in [0.717, 1.165) is 0 Å². The molecule has 1 aliphatic rings. The molecule has 146 valence electrons. The van der Waals surface area contributed by atoms with Crippen LogP contribution in [-0.2, 0) is 17.1 Å². The number of amides is 1. The lowest BCUT2D eigenvalue weighted by Gasteiger charge is -2.33. The molecule has 0 N–H and O–H groups in total. The molecule has 1 amide bonds. The van der Waals surface area contributed by atoms with Crippen LogP contribution in [0, 0.1) is 0 Å². The number of methoxy groups -OCH3 is 2. The summed E-state index contributed by atoms with van der Waals surface area (Å²) in [6.07, 6.45) is 3.16. The Balaban J connectivity index is 1.72. The van der Waals surface area contributed by atoms with Crippen molar-refractivity contribution in [1.29, 1.82) is 0 Å². The molecular weight excluding hydrogens is 372 g/mol. The monoisotopic (exact) mass is 394 g/mol. The summed E-state index contributed by atoms with van der Waals surface area (Å²) in [6.45, 7) is 1.09. The van der Waals surface area contributed by atoms with E-state index in [1.807, 2.05) is 0 Å². The van der Waals surface area contributed by atoms with E-state index >= 15 is 0 Å². The second-order valence-electron chi connectivity index (χ2n) is 6.12. The van der Waals surface area contributed by atoms with Crippen molar-refractivity contribution >= 4 is 15.9 Å². The zero-order valence-corrected chi connectivity index (χ0v) is 16.3. The highest BCUT2D eigenvalue weighted by Crippen LogP contribution is 2.30. The molecule has 0 aliphatic carbocycles. The molecule has 0 atom stereocenters. The Morgan fingerprint density at radius 1 is 1.07 bits per heavy atom. The van der Waals surface area contributed by atoms with Crippen molar-refractivity contribution in [3.63, 3.8) is 0 Å². The summed E-state index contributed by atoms with van der Waals surface area (Å²) in [7, 11) is 1.00. The zero-order chi connectivity index (χ0) is 19.6. The predicted molar refractivity (Wildman–Crippen MR) is 97.4 cm³/mol. The van der Waals surface area contributed by atoms with Gasteiger partial charge in [-0.05, 0) is 12.1 Å². The first-order valence-corrected chi connectivity index (χ1v) is 9.81. The largest absolute Gasteiger partial charge is 0.493 e. The van der Waals surface area contributed by atoms with Gasteiger partial charge in [0.1, 0.15) is 0 Å². The second kappa shape index (κ2) is 7.57. The Labute approximate surface area is 158 Å². The van der Waals surface area contributed by atoms with Crippen LogP contribution in [0.1, 0.15) is 10.4 Å². The average molecular weight is 394 g/mol. The van der Waals surface area contributed by atoms with Crippen LogP contribution in [0.25, 0.3) is 0 Å². The van der Waals surface area contributed by atoms with Gasteiger partial charge in [-0.15, -0.1) is 0 Å². The Hall–Kier alpha value is -2.59. The molecule has 1 aromatic carbocycles. The van der Waals surface area contributed by atoms with Crippen molar-refractivity contribution in [2.45, 2.75) is 4.90 Å². The predicted octanol–water partition coefficient (Wildman–Crippen LogP) is 0.584. The van der Waals surface area contributed by atoms with Crippen LogP contribution in [0.3, 0.4) is 0 Å². The third kappa shape index (κ3) is 3.76. The maximum atomic E-state index is 12.9. The molecule has 0 spiro atoms. The van der Waals surface area contributed by atoms with E-state index in [4.69, 9.17) is 9.47 Å². The van der Waals surface area contributed by atoms with Gasteiger partial charge in [-0.1, -0.05) is 0 Å². The number of nitrogens with zero attached hydrogens (tertiary/aromatic N) is 4. The number of sulfonamides is 1. The van der Waals surface area contributed by atoms with E-state index in [9.17, 15) is 13.2 Å². The molecule has 3 rings (SSSR count). The van der Waals surface area contributed by atoms with Gasteiger partial charge in [0.25, 0.3) is 5.91 Å². The third-order valence-corrected chi connectivity index (χ3v) is 6.37. The molecule has 2 heterocycles. The maximum Gasteiger partial charge on any atom is 0.257 e. The van der Waals surface area contributed by atoms with Gasteiger partial charge in [-0.2, -0.15) is 9.40 Å². The number of ether oxygens (including phenoxy) is 2. The third-order valence-electron chi connectivity index (χ3n) is 4.47. The number of piperazine rings is 1. The lowest BCUT2D eigenvalue weighted by atomic mass is 10.2. The van der Waals surface area contributed by atoms with Gasteiger partial charge in [-0.25, -0.2) is 8.42 Å². The molecule has 2 aromatic rings. The highest BCUT2D eigenvalue weighted by molar-refractivity contribution is 7.89. The van der Waals surface area contributed by atoms with Gasteiger partial charge >= 0.3 is 0 Å². The van der Waals surface area contributed by atoms with Crippen molar-refractivity contribution in [1.82, 2.24) is 19.0 Å². The van der Waals surface area contributed by atoms with Gasteiger partial charge < -0.3 is 14.4 Å². The van der Waals surface area contributed by atoms with Crippen LogP contribution >= 0.6 is 0 Å². The summed E-state index contributed by atoms with van der Waals surface area (Å²) in [4.78, 5) is 14.2. The van der Waals surface area contributed by atoms with Crippen molar-refractivity contribution in [3.8, 4) is 11.5 Å². The summed E-state index contributed by atoms with van der Waals surface area (Å²) >= 11 is 0. The highest BCUT2D eigenvalue weighted by Gasteiger charge is 2.31. The first-order valence-electron chi connectivity index (χ1n) is 8.37. The van der Waals surface area contributed by atoms with Crippen LogP contribution in [0.5, 0.6) is 11.5 Å². The van der Waals surface area contributed by atoms with Crippen LogP contribution in [-0.4, -0.2) is 73.7 Å². The fourth-order valence-electron chi connectivity index (χ4n) is 2.97. The standard InChI is InChI=1S/C17H22N4O5S/c1-19-12-13(11-18-19)17(22)20-6-8-21(9-7-20)27(23,24)14-4-5-15(25-2)16(10-14)26-3/h4-5,10-12H,6-9H2,1-3H3. The molecule has 1 fully saturated rings. The van der Waals surface area contributed by atoms with Crippen LogP contribution in [0.2, 0.25) is 0 Å². The summed E-state index contributed by atoms with van der Waals surface area (Å²) in [5.74, 6) is 0.665. The summed E-state index contributed by atoms with van der Waals surface area (Å²) in [5.41, 5.74) is 0.494. The van der Waals surface area contributed by atoms with E-state index in [1.54, 1.807) is 28.9 Å². The maximum absolute atomic E-state index is 12.9.